The predicted octanol–water partition coefficient (Wildman–Crippen LogP) is 5.45. The molecule has 0 fully saturated rings. The van der Waals surface area contributed by atoms with Gasteiger partial charge in [0.15, 0.2) is 5.15 Å². The number of aromatic nitrogens is 2. The highest BCUT2D eigenvalue weighted by Crippen LogP contribution is 2.23. The number of rotatable bonds is 11. The highest BCUT2D eigenvalue weighted by atomic mass is 35.5. The first-order valence-corrected chi connectivity index (χ1v) is 12.0. The minimum absolute atomic E-state index is 0.0633. The summed E-state index contributed by atoms with van der Waals surface area (Å²) in [4.78, 5) is 40.4. The van der Waals surface area contributed by atoms with Gasteiger partial charge in [0.1, 0.15) is 5.82 Å². The monoisotopic (exact) mass is 509 g/mol. The van der Waals surface area contributed by atoms with Crippen LogP contribution in [0.2, 0.25) is 5.15 Å². The van der Waals surface area contributed by atoms with E-state index >= 15 is 0 Å². The lowest BCUT2D eigenvalue weighted by Gasteiger charge is -2.12. The number of aromatic carboxylic acids is 1. The average Bonchev–Trinajstić information content (AvgIpc) is 3.16. The van der Waals surface area contributed by atoms with Crippen LogP contribution in [0.25, 0.3) is 6.08 Å². The van der Waals surface area contributed by atoms with Crippen LogP contribution >= 0.6 is 11.6 Å². The summed E-state index contributed by atoms with van der Waals surface area (Å²) in [7, 11) is 0. The van der Waals surface area contributed by atoms with Crippen molar-refractivity contribution in [2.45, 2.75) is 39.7 Å². The van der Waals surface area contributed by atoms with Crippen molar-refractivity contribution < 1.29 is 24.2 Å². The number of hydrogen-bond donors (Lipinski definition) is 2. The molecule has 3 aromatic rings. The summed E-state index contributed by atoms with van der Waals surface area (Å²) >= 11 is 6.41. The molecule has 0 radical (unpaired) electrons. The summed E-state index contributed by atoms with van der Waals surface area (Å²) < 4.78 is 6.93. The first-order chi connectivity index (χ1) is 17.3. The number of aryl methyl sites for hydroxylation is 1. The van der Waals surface area contributed by atoms with E-state index in [4.69, 9.17) is 16.3 Å². The molecule has 0 aliphatic carbocycles. The van der Waals surface area contributed by atoms with Crippen LogP contribution in [0.5, 0.6) is 0 Å². The smallest absolute Gasteiger partial charge is 0.336 e. The van der Waals surface area contributed by atoms with Gasteiger partial charge in [-0.15, -0.1) is 0 Å². The number of ether oxygens (including phenoxy) is 1. The number of halogens is 1. The van der Waals surface area contributed by atoms with Crippen LogP contribution in [0.15, 0.2) is 54.6 Å². The van der Waals surface area contributed by atoms with Crippen LogP contribution in [-0.4, -0.2) is 39.1 Å². The predicted molar refractivity (Wildman–Crippen MR) is 138 cm³/mol. The number of unbranched alkanes of at least 4 members (excludes halogenated alkanes) is 1. The van der Waals surface area contributed by atoms with Gasteiger partial charge >= 0.3 is 11.9 Å². The van der Waals surface area contributed by atoms with Gasteiger partial charge < -0.3 is 19.7 Å². The zero-order valence-corrected chi connectivity index (χ0v) is 20.9. The Balaban J connectivity index is 1.81. The Labute approximate surface area is 214 Å². The van der Waals surface area contributed by atoms with Gasteiger partial charge in [0.2, 0.25) is 0 Å². The molecule has 0 saturated heterocycles. The van der Waals surface area contributed by atoms with Gasteiger partial charge in [-0.2, -0.15) is 0 Å². The van der Waals surface area contributed by atoms with E-state index in [1.165, 1.54) is 18.2 Å². The van der Waals surface area contributed by atoms with E-state index < -0.39 is 17.8 Å². The highest BCUT2D eigenvalue weighted by Gasteiger charge is 2.17. The number of esters is 1. The summed E-state index contributed by atoms with van der Waals surface area (Å²) in [6.07, 6.45) is 5.62. The van der Waals surface area contributed by atoms with E-state index in [1.807, 2.05) is 16.7 Å². The molecule has 2 N–H and O–H groups in total. The number of nitrogens with one attached hydrogen (secondary N) is 1. The van der Waals surface area contributed by atoms with Crippen LogP contribution < -0.4 is 5.32 Å². The van der Waals surface area contributed by atoms with Crippen LogP contribution in [0.3, 0.4) is 0 Å². The molecular weight excluding hydrogens is 482 g/mol. The fourth-order valence-corrected chi connectivity index (χ4v) is 3.88. The molecule has 0 spiro atoms. The number of imidazole rings is 1. The molecule has 0 atom stereocenters. The first-order valence-electron chi connectivity index (χ1n) is 11.7. The second-order valence-electron chi connectivity index (χ2n) is 7.98. The van der Waals surface area contributed by atoms with Gasteiger partial charge in [-0.25, -0.2) is 14.6 Å². The third-order valence-electron chi connectivity index (χ3n) is 5.41. The van der Waals surface area contributed by atoms with Crippen LogP contribution in [0, 0.1) is 0 Å². The average molecular weight is 510 g/mol. The quantitative estimate of drug-likeness (QED) is 0.262. The van der Waals surface area contributed by atoms with Crippen molar-refractivity contribution in [2.24, 2.45) is 0 Å². The number of anilines is 1. The summed E-state index contributed by atoms with van der Waals surface area (Å²) in [6, 6.07) is 13.3. The summed E-state index contributed by atoms with van der Waals surface area (Å²) in [5.41, 5.74) is 2.09. The first kappa shape index (κ1) is 26.7. The number of carbonyl (C=O) groups is 3. The maximum Gasteiger partial charge on any atom is 0.336 e. The second-order valence-corrected chi connectivity index (χ2v) is 8.34. The maximum absolute atomic E-state index is 12.6. The van der Waals surface area contributed by atoms with Crippen LogP contribution in [0.4, 0.5) is 5.69 Å². The third-order valence-corrected chi connectivity index (χ3v) is 5.69. The molecule has 0 aliphatic rings. The van der Waals surface area contributed by atoms with Crippen molar-refractivity contribution in [3.05, 3.63) is 88.0 Å². The van der Waals surface area contributed by atoms with Gasteiger partial charge in [-0.05, 0) is 49.2 Å². The van der Waals surface area contributed by atoms with Crippen molar-refractivity contribution in [1.82, 2.24) is 9.55 Å². The molecule has 0 bridgehead atoms. The Hall–Kier alpha value is -3.91. The van der Waals surface area contributed by atoms with Crippen molar-refractivity contribution in [2.75, 3.05) is 11.9 Å². The van der Waals surface area contributed by atoms with Crippen molar-refractivity contribution >= 4 is 41.2 Å². The number of benzene rings is 2. The molecule has 1 aromatic heterocycles. The third kappa shape index (κ3) is 6.82. The number of hydrogen-bond acceptors (Lipinski definition) is 5. The minimum Gasteiger partial charge on any atom is -0.478 e. The van der Waals surface area contributed by atoms with E-state index in [-0.39, 0.29) is 17.7 Å². The molecule has 8 nitrogen and oxygen atoms in total. The molecule has 188 valence electrons. The zero-order valence-electron chi connectivity index (χ0n) is 20.2. The van der Waals surface area contributed by atoms with Crippen molar-refractivity contribution in [3.8, 4) is 0 Å². The normalized spacial score (nSPS) is 11.0. The van der Waals surface area contributed by atoms with E-state index in [9.17, 15) is 19.5 Å². The van der Waals surface area contributed by atoms with E-state index in [2.05, 4.69) is 17.2 Å². The Morgan fingerprint density at radius 3 is 2.42 bits per heavy atom. The molecule has 0 aliphatic heterocycles. The SMILES string of the molecule is CCCCc1nc(Cl)c(/C=C/C(=O)OCC)n1Cc1ccc(NC(=O)c2ccccc2C(=O)O)cc1. The fraction of sp³-hybridized carbons (Fsp3) is 0.259. The van der Waals surface area contributed by atoms with Crippen molar-refractivity contribution in [1.29, 1.82) is 0 Å². The standard InChI is InChI=1S/C27H28ClN3O5/c1-3-5-10-23-30-25(28)22(15-16-24(32)36-4-2)31(23)17-18-11-13-19(14-12-18)29-26(33)20-8-6-7-9-21(20)27(34)35/h6-9,11-16H,3-5,10,17H2,1-2H3,(H,29,33)(H,34,35)/b16-15+. The van der Waals surface area contributed by atoms with E-state index in [0.29, 0.717) is 23.1 Å². The lowest BCUT2D eigenvalue weighted by atomic mass is 10.1. The Bertz CT molecular complexity index is 1260. The topological polar surface area (TPSA) is 111 Å². The maximum atomic E-state index is 12.6. The number of amides is 1. The summed E-state index contributed by atoms with van der Waals surface area (Å²) in [5.74, 6) is -1.31. The van der Waals surface area contributed by atoms with E-state index in [0.717, 1.165) is 30.7 Å². The van der Waals surface area contributed by atoms with Gasteiger partial charge in [0.25, 0.3) is 5.91 Å². The largest absolute Gasteiger partial charge is 0.478 e. The van der Waals surface area contributed by atoms with Gasteiger partial charge in [0, 0.05) is 24.7 Å². The zero-order chi connectivity index (χ0) is 26.1. The molecule has 9 heteroatoms. The second kappa shape index (κ2) is 12.7. The molecular formula is C27H28ClN3O5. The number of nitrogens with zero attached hydrogens (tertiary/aromatic N) is 2. The van der Waals surface area contributed by atoms with Crippen molar-refractivity contribution in [3.63, 3.8) is 0 Å². The fourth-order valence-electron chi connectivity index (χ4n) is 3.62. The van der Waals surface area contributed by atoms with Gasteiger partial charge in [-0.3, -0.25) is 4.79 Å². The number of carboxylic acid groups (broad SMARTS) is 1. The summed E-state index contributed by atoms with van der Waals surface area (Å²) in [5, 5.41) is 12.4. The Morgan fingerprint density at radius 1 is 1.08 bits per heavy atom. The Morgan fingerprint density at radius 2 is 1.78 bits per heavy atom. The van der Waals surface area contributed by atoms with Crippen LogP contribution in [0.1, 0.15) is 64.5 Å². The van der Waals surface area contributed by atoms with E-state index in [1.54, 1.807) is 37.3 Å². The molecule has 0 unspecified atom stereocenters. The van der Waals surface area contributed by atoms with Gasteiger partial charge in [0.05, 0.1) is 23.4 Å². The molecule has 36 heavy (non-hydrogen) atoms. The molecule has 3 rings (SSSR count). The number of carbonyl (C=O) groups excluding carboxylic acids is 2. The number of carboxylic acids is 1. The molecule has 1 heterocycles. The molecule has 1 amide bonds. The lowest BCUT2D eigenvalue weighted by Crippen LogP contribution is -2.16. The Kier molecular flexibility index (Phi) is 9.41. The summed E-state index contributed by atoms with van der Waals surface area (Å²) in [6.45, 7) is 4.57. The highest BCUT2D eigenvalue weighted by molar-refractivity contribution is 6.30. The van der Waals surface area contributed by atoms with Crippen LogP contribution in [-0.2, 0) is 22.5 Å². The van der Waals surface area contributed by atoms with Gasteiger partial charge in [-0.1, -0.05) is 49.2 Å². The lowest BCUT2D eigenvalue weighted by molar-refractivity contribution is -0.137. The minimum atomic E-state index is -1.17. The molecule has 2 aromatic carbocycles. The molecule has 0 saturated carbocycles.